The average Bonchev–Trinajstić information content (AvgIpc) is 2.93. The van der Waals surface area contributed by atoms with Crippen molar-refractivity contribution in [1.82, 2.24) is 9.38 Å². The van der Waals surface area contributed by atoms with Crippen molar-refractivity contribution in [3.8, 4) is 0 Å². The van der Waals surface area contributed by atoms with Gasteiger partial charge in [0.05, 0.1) is 0 Å². The number of nitrogens with zero attached hydrogens (tertiary/aromatic N) is 3. The molecule has 2 rings (SSSR count). The number of hydrogen-bond acceptors (Lipinski definition) is 6. The molecule has 2 aromatic rings. The average molecular weight is 284 g/mol. The van der Waals surface area contributed by atoms with Gasteiger partial charge in [0.2, 0.25) is 5.82 Å². The highest BCUT2D eigenvalue weighted by Gasteiger charge is 2.22. The smallest absolute Gasteiger partial charge is 0.372 e. The van der Waals surface area contributed by atoms with Crippen molar-refractivity contribution in [1.29, 1.82) is 0 Å². The molecule has 0 bridgehead atoms. The van der Waals surface area contributed by atoms with E-state index in [0.29, 0.717) is 17.3 Å². The Kier molecular flexibility index (Phi) is 4.33. The Balaban J connectivity index is 2.02. The van der Waals surface area contributed by atoms with Crippen molar-refractivity contribution in [2.75, 3.05) is 18.5 Å². The molecule has 0 spiro atoms. The van der Waals surface area contributed by atoms with Crippen LogP contribution in [0, 0.1) is 16.0 Å². The molecule has 19 heavy (non-hydrogen) atoms. The van der Waals surface area contributed by atoms with E-state index in [9.17, 15) is 10.1 Å². The lowest BCUT2D eigenvalue weighted by atomic mass is 10.1. The molecule has 2 heterocycles. The molecule has 0 fully saturated rings. The number of nitrogens with one attached hydrogen (secondary N) is 1. The molecule has 0 aliphatic carbocycles. The third-order valence-electron chi connectivity index (χ3n) is 2.89. The molecule has 2 N–H and O–H groups in total. The summed E-state index contributed by atoms with van der Waals surface area (Å²) in [5.41, 5.74) is 0. The van der Waals surface area contributed by atoms with Gasteiger partial charge in [-0.05, 0) is 23.7 Å². The number of aliphatic hydroxyl groups is 1. The molecule has 0 aliphatic heterocycles. The molecule has 1 unspecified atom stereocenters. The van der Waals surface area contributed by atoms with Crippen LogP contribution in [0.15, 0.2) is 11.6 Å². The largest absolute Gasteiger partial charge is 0.396 e. The molecule has 1 atom stereocenters. The van der Waals surface area contributed by atoms with Crippen LogP contribution in [0.3, 0.4) is 0 Å². The number of fused-ring (bicyclic) bond motifs is 1. The molecule has 0 amide bonds. The first-order chi connectivity index (χ1) is 9.13. The van der Waals surface area contributed by atoms with Gasteiger partial charge >= 0.3 is 5.82 Å². The molecule has 0 aliphatic rings. The maximum Gasteiger partial charge on any atom is 0.372 e. The van der Waals surface area contributed by atoms with Gasteiger partial charge in [-0.25, -0.2) is 0 Å². The first-order valence-electron chi connectivity index (χ1n) is 6.08. The van der Waals surface area contributed by atoms with Crippen LogP contribution in [0.1, 0.15) is 19.8 Å². The van der Waals surface area contributed by atoms with E-state index in [1.54, 1.807) is 11.6 Å². The minimum absolute atomic E-state index is 0.0218. The van der Waals surface area contributed by atoms with E-state index < -0.39 is 4.92 Å². The number of aliphatic hydroxyl groups excluding tert-OH is 1. The van der Waals surface area contributed by atoms with Crippen molar-refractivity contribution >= 4 is 27.9 Å². The lowest BCUT2D eigenvalue weighted by Gasteiger charge is -2.07. The zero-order chi connectivity index (χ0) is 13.8. The summed E-state index contributed by atoms with van der Waals surface area (Å²) < 4.78 is 1.48. The molecule has 0 radical (unpaired) electrons. The molecule has 0 aromatic carbocycles. The highest BCUT2D eigenvalue weighted by atomic mass is 32.1. The lowest BCUT2D eigenvalue weighted by Crippen LogP contribution is -2.08. The van der Waals surface area contributed by atoms with E-state index in [2.05, 4.69) is 10.3 Å². The number of rotatable bonds is 7. The molecule has 0 saturated carbocycles. The van der Waals surface area contributed by atoms with E-state index in [4.69, 9.17) is 5.11 Å². The number of imidazole rings is 1. The van der Waals surface area contributed by atoms with E-state index in [1.165, 1.54) is 15.7 Å². The van der Waals surface area contributed by atoms with E-state index in [1.807, 2.05) is 6.92 Å². The van der Waals surface area contributed by atoms with Gasteiger partial charge < -0.3 is 20.5 Å². The second-order valence-electron chi connectivity index (χ2n) is 4.45. The molecular formula is C11H16N4O3S. The normalized spacial score (nSPS) is 12.7. The minimum Gasteiger partial charge on any atom is -0.396 e. The predicted molar refractivity (Wildman–Crippen MR) is 73.7 cm³/mol. The van der Waals surface area contributed by atoms with E-state index in [-0.39, 0.29) is 18.3 Å². The van der Waals surface area contributed by atoms with Crippen LogP contribution in [0.4, 0.5) is 11.6 Å². The molecule has 0 saturated heterocycles. The Morgan fingerprint density at radius 1 is 1.68 bits per heavy atom. The maximum absolute atomic E-state index is 11.1. The second kappa shape index (κ2) is 5.98. The zero-order valence-electron chi connectivity index (χ0n) is 10.6. The number of aromatic nitrogens is 2. The van der Waals surface area contributed by atoms with Crippen molar-refractivity contribution in [3.63, 3.8) is 0 Å². The fourth-order valence-electron chi connectivity index (χ4n) is 1.82. The summed E-state index contributed by atoms with van der Waals surface area (Å²) in [6.07, 6.45) is 3.35. The van der Waals surface area contributed by atoms with E-state index in [0.717, 1.165) is 12.8 Å². The summed E-state index contributed by atoms with van der Waals surface area (Å²) in [6.45, 7) is 2.74. The monoisotopic (exact) mass is 284 g/mol. The Labute approximate surface area is 114 Å². The fraction of sp³-hybridized carbons (Fsp3) is 0.545. The third-order valence-corrected chi connectivity index (χ3v) is 3.64. The van der Waals surface area contributed by atoms with Crippen molar-refractivity contribution in [2.45, 2.75) is 19.8 Å². The van der Waals surface area contributed by atoms with Crippen LogP contribution in [0.25, 0.3) is 4.96 Å². The van der Waals surface area contributed by atoms with Gasteiger partial charge in [0.25, 0.3) is 4.96 Å². The molecule has 8 heteroatoms. The van der Waals surface area contributed by atoms with Gasteiger partial charge in [-0.15, -0.1) is 0 Å². The highest BCUT2D eigenvalue weighted by molar-refractivity contribution is 7.15. The number of nitro groups is 1. The van der Waals surface area contributed by atoms with Crippen LogP contribution in [-0.2, 0) is 0 Å². The standard InChI is InChI=1S/C11H16N4O3S/c1-8(7-16)3-2-4-12-9-10(15(17)18)14-5-6-19-11(14)13-9/h5-6,8,12,16H,2-4,7H2,1H3. The Morgan fingerprint density at radius 2 is 2.47 bits per heavy atom. The first kappa shape index (κ1) is 13.8. The third kappa shape index (κ3) is 3.02. The van der Waals surface area contributed by atoms with Gasteiger partial charge in [0.1, 0.15) is 6.20 Å². The Morgan fingerprint density at radius 3 is 3.16 bits per heavy atom. The zero-order valence-corrected chi connectivity index (χ0v) is 11.4. The van der Waals surface area contributed by atoms with Crippen molar-refractivity contribution in [2.24, 2.45) is 5.92 Å². The molecule has 7 nitrogen and oxygen atoms in total. The van der Waals surface area contributed by atoms with Crippen LogP contribution < -0.4 is 5.32 Å². The second-order valence-corrected chi connectivity index (χ2v) is 5.33. The summed E-state index contributed by atoms with van der Waals surface area (Å²) in [7, 11) is 0. The summed E-state index contributed by atoms with van der Waals surface area (Å²) in [4.78, 5) is 15.5. The van der Waals surface area contributed by atoms with Gasteiger partial charge in [-0.3, -0.25) is 0 Å². The highest BCUT2D eigenvalue weighted by Crippen LogP contribution is 2.27. The maximum atomic E-state index is 11.1. The summed E-state index contributed by atoms with van der Waals surface area (Å²) in [5, 5.41) is 24.7. The van der Waals surface area contributed by atoms with Crippen LogP contribution in [-0.4, -0.2) is 32.6 Å². The first-order valence-corrected chi connectivity index (χ1v) is 6.96. The van der Waals surface area contributed by atoms with Gasteiger partial charge in [-0.2, -0.15) is 9.38 Å². The van der Waals surface area contributed by atoms with Crippen LogP contribution in [0.5, 0.6) is 0 Å². The van der Waals surface area contributed by atoms with Gasteiger partial charge in [-0.1, -0.05) is 18.3 Å². The molecule has 104 valence electrons. The SMILES string of the molecule is CC(CO)CCCNc1nc2sccn2c1[N+](=O)[O-]. The number of anilines is 1. The topological polar surface area (TPSA) is 92.7 Å². The lowest BCUT2D eigenvalue weighted by molar-refractivity contribution is -0.389. The number of thiazole rings is 1. The van der Waals surface area contributed by atoms with Crippen LogP contribution >= 0.6 is 11.3 Å². The van der Waals surface area contributed by atoms with Crippen LogP contribution in [0.2, 0.25) is 0 Å². The summed E-state index contributed by atoms with van der Waals surface area (Å²) >= 11 is 1.36. The summed E-state index contributed by atoms with van der Waals surface area (Å²) in [6, 6.07) is 0. The fourth-order valence-corrected chi connectivity index (χ4v) is 2.52. The van der Waals surface area contributed by atoms with Crippen molar-refractivity contribution in [3.05, 3.63) is 21.7 Å². The van der Waals surface area contributed by atoms with E-state index >= 15 is 0 Å². The minimum atomic E-state index is -0.425. The molecule has 2 aromatic heterocycles. The predicted octanol–water partition coefficient (Wildman–Crippen LogP) is 2.12. The Hall–Kier alpha value is -1.67. The Bertz CT molecular complexity index is 565. The van der Waals surface area contributed by atoms with Gasteiger partial charge in [0.15, 0.2) is 0 Å². The van der Waals surface area contributed by atoms with Crippen molar-refractivity contribution < 1.29 is 10.0 Å². The number of hydrogen-bond donors (Lipinski definition) is 2. The summed E-state index contributed by atoms with van der Waals surface area (Å²) in [5.74, 6) is 0.544. The quantitative estimate of drug-likeness (QED) is 0.461. The van der Waals surface area contributed by atoms with Gasteiger partial charge in [0, 0.05) is 18.5 Å². The molecular weight excluding hydrogens is 268 g/mol.